The molecule has 8 heteroatoms. The van der Waals surface area contributed by atoms with E-state index in [4.69, 9.17) is 0 Å². The van der Waals surface area contributed by atoms with Gasteiger partial charge in [-0.25, -0.2) is 0 Å². The Morgan fingerprint density at radius 1 is 0.783 bits per heavy atom. The van der Waals surface area contributed by atoms with Gasteiger partial charge in [-0.1, -0.05) is 24.3 Å². The molecule has 8 nitrogen and oxygen atoms in total. The zero-order valence-corrected chi connectivity index (χ0v) is 11.9. The molecule has 0 aliphatic carbocycles. The van der Waals surface area contributed by atoms with Crippen molar-refractivity contribution in [1.29, 1.82) is 0 Å². The van der Waals surface area contributed by atoms with Gasteiger partial charge in [0.1, 0.15) is 6.67 Å². The van der Waals surface area contributed by atoms with Gasteiger partial charge in [-0.3, -0.25) is 30.2 Å². The van der Waals surface area contributed by atoms with Gasteiger partial charge in [0.2, 0.25) is 0 Å². The van der Waals surface area contributed by atoms with Crippen LogP contribution in [0.2, 0.25) is 0 Å². The minimum atomic E-state index is -0.488. The monoisotopic (exact) mass is 312 g/mol. The summed E-state index contributed by atoms with van der Waals surface area (Å²) in [4.78, 5) is 28.7. The van der Waals surface area contributed by atoms with Crippen molar-refractivity contribution in [2.24, 2.45) is 9.98 Å². The standard InChI is InChI=1S/C15H12N4O4/c20-18(21)14-7-3-1-5-12(14)9-16-11-17-10-13-6-2-4-8-15(13)19(22)23/h1-10H,11H2. The molecule has 0 aliphatic rings. The smallest absolute Gasteiger partial charge is 0.269 e. The molecule has 0 unspecified atom stereocenters. The molecule has 0 atom stereocenters. The quantitative estimate of drug-likeness (QED) is 0.463. The summed E-state index contributed by atoms with van der Waals surface area (Å²) in [7, 11) is 0. The zero-order valence-electron chi connectivity index (χ0n) is 11.9. The van der Waals surface area contributed by atoms with Crippen LogP contribution in [0.15, 0.2) is 58.5 Å². The highest BCUT2D eigenvalue weighted by Crippen LogP contribution is 2.16. The van der Waals surface area contributed by atoms with Gasteiger partial charge in [-0.05, 0) is 12.1 Å². The molecule has 0 radical (unpaired) electrons. The number of aliphatic imine (C=N–C) groups is 2. The normalized spacial score (nSPS) is 11.1. The Hall–Kier alpha value is -3.42. The van der Waals surface area contributed by atoms with Gasteiger partial charge in [0, 0.05) is 24.6 Å². The SMILES string of the molecule is O=[N+]([O-])c1ccccc1C=NCN=Cc1ccccc1[N+](=O)[O-]. The predicted molar refractivity (Wildman–Crippen MR) is 86.2 cm³/mol. The molecule has 0 amide bonds. The van der Waals surface area contributed by atoms with Gasteiger partial charge >= 0.3 is 0 Å². The first-order chi connectivity index (χ1) is 11.1. The number of nitrogens with zero attached hydrogens (tertiary/aromatic N) is 4. The number of benzene rings is 2. The van der Waals surface area contributed by atoms with E-state index in [9.17, 15) is 20.2 Å². The molecule has 2 rings (SSSR count). The molecule has 0 aromatic heterocycles. The largest absolute Gasteiger partial charge is 0.278 e. The van der Waals surface area contributed by atoms with E-state index in [1.807, 2.05) is 0 Å². The minimum Gasteiger partial charge on any atom is -0.269 e. The third-order valence-electron chi connectivity index (χ3n) is 2.89. The van der Waals surface area contributed by atoms with E-state index in [0.717, 1.165) is 0 Å². The van der Waals surface area contributed by atoms with Gasteiger partial charge in [0.15, 0.2) is 0 Å². The van der Waals surface area contributed by atoms with E-state index in [2.05, 4.69) is 9.98 Å². The summed E-state index contributed by atoms with van der Waals surface area (Å²) in [6.45, 7) is 0.0120. The van der Waals surface area contributed by atoms with Gasteiger partial charge in [0.05, 0.1) is 21.0 Å². The van der Waals surface area contributed by atoms with E-state index < -0.39 is 9.85 Å². The molecule has 2 aromatic rings. The maximum atomic E-state index is 10.8. The summed E-state index contributed by atoms with van der Waals surface area (Å²) in [6.07, 6.45) is 2.71. The number of rotatable bonds is 6. The van der Waals surface area contributed by atoms with E-state index in [0.29, 0.717) is 11.1 Å². The summed E-state index contributed by atoms with van der Waals surface area (Å²) in [5.41, 5.74) is 0.662. The molecule has 2 aromatic carbocycles. The first-order valence-electron chi connectivity index (χ1n) is 6.56. The fraction of sp³-hybridized carbons (Fsp3) is 0.0667. The Labute approximate surface area is 131 Å². The summed E-state index contributed by atoms with van der Waals surface area (Å²) >= 11 is 0. The molecule has 0 saturated heterocycles. The summed E-state index contributed by atoms with van der Waals surface area (Å²) in [6, 6.07) is 12.4. The van der Waals surface area contributed by atoms with Gasteiger partial charge in [-0.15, -0.1) is 0 Å². The van der Waals surface area contributed by atoms with Crippen LogP contribution >= 0.6 is 0 Å². The van der Waals surface area contributed by atoms with Gasteiger partial charge in [0.25, 0.3) is 11.4 Å². The predicted octanol–water partition coefficient (Wildman–Crippen LogP) is 3.00. The molecule has 0 saturated carbocycles. The lowest BCUT2D eigenvalue weighted by molar-refractivity contribution is -0.385. The number of nitro groups is 2. The van der Waals surface area contributed by atoms with Crippen molar-refractivity contribution in [2.75, 3.05) is 6.67 Å². The van der Waals surface area contributed by atoms with E-state index in [1.54, 1.807) is 36.4 Å². The molecular formula is C15H12N4O4. The Balaban J connectivity index is 2.06. The third-order valence-corrected chi connectivity index (χ3v) is 2.89. The zero-order chi connectivity index (χ0) is 16.7. The third kappa shape index (κ3) is 4.27. The van der Waals surface area contributed by atoms with Crippen LogP contribution in [0.3, 0.4) is 0 Å². The highest BCUT2D eigenvalue weighted by molar-refractivity contribution is 5.86. The number of nitro benzene ring substituents is 2. The van der Waals surface area contributed by atoms with Crippen LogP contribution in [0, 0.1) is 20.2 Å². The van der Waals surface area contributed by atoms with Crippen LogP contribution in [0.1, 0.15) is 11.1 Å². The summed E-state index contributed by atoms with van der Waals surface area (Å²) in [5, 5.41) is 21.7. The molecule has 0 bridgehead atoms. The van der Waals surface area contributed by atoms with E-state index in [1.165, 1.54) is 24.6 Å². The first kappa shape index (κ1) is 16.0. The molecule has 0 spiro atoms. The molecule has 23 heavy (non-hydrogen) atoms. The highest BCUT2D eigenvalue weighted by Gasteiger charge is 2.10. The maximum absolute atomic E-state index is 10.8. The Bertz CT molecular complexity index is 721. The van der Waals surface area contributed by atoms with Crippen molar-refractivity contribution in [3.8, 4) is 0 Å². The molecule has 116 valence electrons. The van der Waals surface area contributed by atoms with Crippen molar-refractivity contribution in [3.63, 3.8) is 0 Å². The van der Waals surface area contributed by atoms with E-state index >= 15 is 0 Å². The van der Waals surface area contributed by atoms with Crippen molar-refractivity contribution in [2.45, 2.75) is 0 Å². The van der Waals surface area contributed by atoms with Gasteiger partial charge < -0.3 is 0 Å². The second-order valence-corrected chi connectivity index (χ2v) is 4.40. The van der Waals surface area contributed by atoms with Crippen LogP contribution in [-0.2, 0) is 0 Å². The average molecular weight is 312 g/mol. The first-order valence-corrected chi connectivity index (χ1v) is 6.56. The van der Waals surface area contributed by atoms with Gasteiger partial charge in [-0.2, -0.15) is 0 Å². The summed E-state index contributed by atoms with van der Waals surface area (Å²) < 4.78 is 0. The van der Waals surface area contributed by atoms with Crippen LogP contribution in [-0.4, -0.2) is 28.9 Å². The second kappa shape index (κ2) is 7.55. The van der Waals surface area contributed by atoms with E-state index in [-0.39, 0.29) is 18.0 Å². The lowest BCUT2D eigenvalue weighted by atomic mass is 10.2. The van der Waals surface area contributed by atoms with Crippen LogP contribution in [0.25, 0.3) is 0 Å². The lowest BCUT2D eigenvalue weighted by Gasteiger charge is -1.96. The molecule has 0 aliphatic heterocycles. The Kier molecular flexibility index (Phi) is 5.24. The van der Waals surface area contributed by atoms with Crippen molar-refractivity contribution in [1.82, 2.24) is 0 Å². The Morgan fingerprint density at radius 3 is 1.57 bits per heavy atom. The molecule has 0 heterocycles. The van der Waals surface area contributed by atoms with Crippen LogP contribution in [0.5, 0.6) is 0 Å². The maximum Gasteiger partial charge on any atom is 0.278 e. The number of para-hydroxylation sites is 2. The topological polar surface area (TPSA) is 111 Å². The molecule has 0 fully saturated rings. The highest BCUT2D eigenvalue weighted by atomic mass is 16.6. The molecular weight excluding hydrogens is 300 g/mol. The van der Waals surface area contributed by atoms with Crippen molar-refractivity contribution in [3.05, 3.63) is 79.9 Å². The van der Waals surface area contributed by atoms with Crippen LogP contribution in [0.4, 0.5) is 11.4 Å². The average Bonchev–Trinajstić information content (AvgIpc) is 2.55. The van der Waals surface area contributed by atoms with Crippen molar-refractivity contribution < 1.29 is 9.85 Å². The number of hydrogen-bond donors (Lipinski definition) is 0. The van der Waals surface area contributed by atoms with Crippen molar-refractivity contribution >= 4 is 23.8 Å². The molecule has 0 N–H and O–H groups in total. The fourth-order valence-corrected chi connectivity index (χ4v) is 1.85. The second-order valence-electron chi connectivity index (χ2n) is 4.40. The summed E-state index contributed by atoms with van der Waals surface area (Å²) in [5.74, 6) is 0. The Morgan fingerprint density at radius 2 is 1.17 bits per heavy atom. The lowest BCUT2D eigenvalue weighted by Crippen LogP contribution is -1.95. The minimum absolute atomic E-state index is 0.0120. The fourth-order valence-electron chi connectivity index (χ4n) is 1.85. The number of hydrogen-bond acceptors (Lipinski definition) is 6. The van der Waals surface area contributed by atoms with Crippen LogP contribution < -0.4 is 0 Å².